The molecule has 1 amide bonds. The molecule has 1 saturated heterocycles. The van der Waals surface area contributed by atoms with Crippen LogP contribution in [0.15, 0.2) is 53.1 Å². The van der Waals surface area contributed by atoms with E-state index < -0.39 is 10.8 Å². The van der Waals surface area contributed by atoms with Crippen LogP contribution in [0.1, 0.15) is 52.0 Å². The lowest BCUT2D eigenvalue weighted by molar-refractivity contribution is -0.128. The van der Waals surface area contributed by atoms with Gasteiger partial charge in [0.2, 0.25) is 0 Å². The third-order valence-corrected chi connectivity index (χ3v) is 8.21. The zero-order valence-corrected chi connectivity index (χ0v) is 21.7. The highest BCUT2D eigenvalue weighted by atomic mass is 32.2. The van der Waals surface area contributed by atoms with E-state index in [2.05, 4.69) is 32.1 Å². The van der Waals surface area contributed by atoms with E-state index >= 15 is 0 Å². The highest BCUT2D eigenvalue weighted by Crippen LogP contribution is 2.32. The van der Waals surface area contributed by atoms with Crippen molar-refractivity contribution in [2.45, 2.75) is 69.7 Å². The van der Waals surface area contributed by atoms with E-state index in [9.17, 15) is 9.18 Å². The lowest BCUT2D eigenvalue weighted by atomic mass is 9.89. The number of likely N-dealkylation sites (tertiary alicyclic amines) is 1. The largest absolute Gasteiger partial charge is 0.443 e. The van der Waals surface area contributed by atoms with Gasteiger partial charge in [-0.05, 0) is 61.6 Å². The Morgan fingerprint density at radius 1 is 1.31 bits per heavy atom. The molecule has 1 aromatic rings. The zero-order valence-electron chi connectivity index (χ0n) is 20.9. The highest BCUT2D eigenvalue weighted by Gasteiger charge is 2.37. The Labute approximate surface area is 212 Å². The summed E-state index contributed by atoms with van der Waals surface area (Å²) in [5, 5.41) is 8.23. The predicted octanol–water partition coefficient (Wildman–Crippen LogP) is 6.00. The number of carbonyl (C=O) groups excluding carboxylic acids is 1. The predicted molar refractivity (Wildman–Crippen MR) is 142 cm³/mol. The van der Waals surface area contributed by atoms with E-state index in [1.807, 2.05) is 29.2 Å². The number of fused-ring (bicyclic) bond motifs is 1. The van der Waals surface area contributed by atoms with Crippen molar-refractivity contribution in [3.8, 4) is 5.75 Å². The van der Waals surface area contributed by atoms with Gasteiger partial charge in [-0.15, -0.1) is 11.8 Å². The van der Waals surface area contributed by atoms with Gasteiger partial charge in [0.25, 0.3) is 5.91 Å². The number of allylic oxidation sites excluding steroid dienone is 3. The summed E-state index contributed by atoms with van der Waals surface area (Å²) in [6, 6.07) is 7.91. The Kier molecular flexibility index (Phi) is 8.47. The number of hydrogen-bond donors (Lipinski definition) is 1. The van der Waals surface area contributed by atoms with Crippen LogP contribution in [0.3, 0.4) is 0 Å². The fraction of sp³-hybridized carbons (Fsp3) is 0.536. The third-order valence-electron chi connectivity index (χ3n) is 7.05. The number of nitrogens with zero attached hydrogens (tertiary/aromatic N) is 2. The molecule has 5 atom stereocenters. The maximum absolute atomic E-state index is 14.1. The number of aryl methyl sites for hydroxylation is 1. The second kappa shape index (κ2) is 11.5. The van der Waals surface area contributed by atoms with Gasteiger partial charge in [0.1, 0.15) is 17.0 Å². The molecule has 0 radical (unpaired) electrons. The maximum Gasteiger partial charge on any atom is 0.269 e. The van der Waals surface area contributed by atoms with E-state index in [1.165, 1.54) is 12.5 Å². The molecule has 4 rings (SSSR count). The van der Waals surface area contributed by atoms with Crippen LogP contribution in [0.5, 0.6) is 5.75 Å². The molecule has 3 aliphatic rings. The van der Waals surface area contributed by atoms with Crippen molar-refractivity contribution < 1.29 is 13.9 Å². The number of halogens is 1. The average Bonchev–Trinajstić information content (AvgIpc) is 2.85. The molecule has 0 bridgehead atoms. The van der Waals surface area contributed by atoms with Crippen LogP contribution in [0.25, 0.3) is 0 Å². The normalized spacial score (nSPS) is 27.0. The lowest BCUT2D eigenvalue weighted by Gasteiger charge is -2.40. The van der Waals surface area contributed by atoms with Gasteiger partial charge < -0.3 is 9.64 Å². The zero-order chi connectivity index (χ0) is 24.9. The number of benzene rings is 1. The molecule has 1 aliphatic carbocycles. The summed E-state index contributed by atoms with van der Waals surface area (Å²) >= 11 is 1.03. The number of alkyl halides is 1. The minimum atomic E-state index is -1.17. The molecule has 5 nitrogen and oxygen atoms in total. The van der Waals surface area contributed by atoms with Crippen LogP contribution in [-0.4, -0.2) is 52.3 Å². The van der Waals surface area contributed by atoms with Gasteiger partial charge >= 0.3 is 0 Å². The number of thioether (sulfide) groups is 1. The molecule has 0 aromatic heterocycles. The van der Waals surface area contributed by atoms with Gasteiger partial charge in [-0.1, -0.05) is 50.3 Å². The Balaban J connectivity index is 1.50. The molecule has 188 valence electrons. The summed E-state index contributed by atoms with van der Waals surface area (Å²) < 4.78 is 20.1. The van der Waals surface area contributed by atoms with E-state index in [0.717, 1.165) is 55.2 Å². The third kappa shape index (κ3) is 6.24. The molecule has 0 saturated carbocycles. The van der Waals surface area contributed by atoms with Crippen LogP contribution in [-0.2, 0) is 11.2 Å². The molecular weight excluding hydrogens is 461 g/mol. The Morgan fingerprint density at radius 2 is 2.11 bits per heavy atom. The molecule has 5 unspecified atom stereocenters. The monoisotopic (exact) mass is 497 g/mol. The van der Waals surface area contributed by atoms with Gasteiger partial charge in [0.15, 0.2) is 5.90 Å². The average molecular weight is 498 g/mol. The summed E-state index contributed by atoms with van der Waals surface area (Å²) in [7, 11) is 0. The summed E-state index contributed by atoms with van der Waals surface area (Å²) in [5.74, 6) is 1.83. The topological polar surface area (TPSA) is 65.8 Å². The number of amides is 1. The fourth-order valence-corrected chi connectivity index (χ4v) is 6.06. The minimum absolute atomic E-state index is 0.0425. The van der Waals surface area contributed by atoms with Crippen LogP contribution >= 0.6 is 11.8 Å². The number of para-hydroxylation sites is 1. The number of nitrogens with one attached hydrogen (secondary N) is 1. The van der Waals surface area contributed by atoms with Gasteiger partial charge in [0, 0.05) is 13.0 Å². The first-order valence-corrected chi connectivity index (χ1v) is 13.6. The van der Waals surface area contributed by atoms with E-state index in [-0.39, 0.29) is 23.6 Å². The number of aliphatic imine (C=N–C) groups is 1. The quantitative estimate of drug-likeness (QED) is 0.470. The van der Waals surface area contributed by atoms with Gasteiger partial charge in [-0.2, -0.15) is 0 Å². The van der Waals surface area contributed by atoms with Crippen LogP contribution in [0, 0.1) is 17.2 Å². The summed E-state index contributed by atoms with van der Waals surface area (Å²) in [5.41, 5.74) is 0.828. The van der Waals surface area contributed by atoms with Gasteiger partial charge in [-0.25, -0.2) is 4.39 Å². The molecule has 1 N–H and O–H groups in total. The first-order chi connectivity index (χ1) is 16.8. The van der Waals surface area contributed by atoms with Gasteiger partial charge in [-0.3, -0.25) is 15.2 Å². The Bertz CT molecular complexity index is 1030. The summed E-state index contributed by atoms with van der Waals surface area (Å²) in [6.45, 7) is 6.76. The summed E-state index contributed by atoms with van der Waals surface area (Å²) in [4.78, 5) is 20.2. The van der Waals surface area contributed by atoms with Gasteiger partial charge in [0.05, 0.1) is 17.8 Å². The maximum atomic E-state index is 14.1. The Hall–Kier alpha value is -2.41. The van der Waals surface area contributed by atoms with Crippen LogP contribution < -0.4 is 4.74 Å². The van der Waals surface area contributed by atoms with Crippen molar-refractivity contribution >= 4 is 29.3 Å². The number of carbonyl (C=O) groups is 1. The van der Waals surface area contributed by atoms with E-state index in [1.54, 1.807) is 0 Å². The smallest absolute Gasteiger partial charge is 0.269 e. The van der Waals surface area contributed by atoms with Crippen molar-refractivity contribution in [2.24, 2.45) is 16.8 Å². The standard InChI is InChI=1S/C28H36FN3O2S/c1-18-8-6-11-22(16-18)27(35-20(3)29)26(30)28(33)32-15-7-9-19(2)23(32)17-31-25-14-13-21-10-4-5-12-24(21)34-25/h4-6,10-12,16,18-20,23,27,30H,7-9,13-15,17H2,1-3H3. The molecule has 35 heavy (non-hydrogen) atoms. The van der Waals surface area contributed by atoms with Crippen molar-refractivity contribution in [1.29, 1.82) is 5.41 Å². The van der Waals surface area contributed by atoms with Crippen molar-refractivity contribution in [1.82, 2.24) is 4.90 Å². The van der Waals surface area contributed by atoms with Crippen molar-refractivity contribution in [2.75, 3.05) is 13.1 Å². The summed E-state index contributed by atoms with van der Waals surface area (Å²) in [6.07, 6.45) is 10.5. The Morgan fingerprint density at radius 3 is 2.89 bits per heavy atom. The molecule has 7 heteroatoms. The number of rotatable bonds is 7. The van der Waals surface area contributed by atoms with Crippen molar-refractivity contribution in [3.63, 3.8) is 0 Å². The van der Waals surface area contributed by atoms with Crippen molar-refractivity contribution in [3.05, 3.63) is 53.6 Å². The second-order valence-electron chi connectivity index (χ2n) is 9.88. The number of ether oxygens (including phenoxy) is 1. The molecule has 1 aromatic carbocycles. The first-order valence-electron chi connectivity index (χ1n) is 12.7. The molecule has 2 heterocycles. The SMILES string of the molecule is CC1C=C(C(SC(C)F)C(=N)C(=O)N2CCCC(C)C2CN=C2CCc3ccccc3O2)C=CC1. The molecule has 2 aliphatic heterocycles. The van der Waals surface area contributed by atoms with Crippen LogP contribution in [0.2, 0.25) is 0 Å². The molecule has 1 fully saturated rings. The van der Waals surface area contributed by atoms with Crippen LogP contribution in [0.4, 0.5) is 4.39 Å². The number of piperidine rings is 1. The highest BCUT2D eigenvalue weighted by molar-refractivity contribution is 8.01. The number of hydrogen-bond acceptors (Lipinski definition) is 5. The van der Waals surface area contributed by atoms with E-state index in [0.29, 0.717) is 24.9 Å². The minimum Gasteiger partial charge on any atom is -0.443 e. The lowest BCUT2D eigenvalue weighted by Crippen LogP contribution is -2.53. The first kappa shape index (κ1) is 25.7. The molecule has 0 spiro atoms. The van der Waals surface area contributed by atoms with E-state index in [4.69, 9.17) is 15.1 Å². The molecular formula is C28H36FN3O2S. The second-order valence-corrected chi connectivity index (χ2v) is 11.3. The fourth-order valence-electron chi connectivity index (χ4n) is 5.13.